The number of aromatic nitrogens is 2. The molecule has 0 aliphatic carbocycles. The maximum absolute atomic E-state index is 5.53. The summed E-state index contributed by atoms with van der Waals surface area (Å²) in [6.07, 6.45) is 4.01. The summed E-state index contributed by atoms with van der Waals surface area (Å²) in [4.78, 5) is 4.18. The molecule has 1 aromatic heterocycles. The number of hydrogen-bond acceptors (Lipinski definition) is 3. The molecule has 1 N–H and O–H groups in total. The maximum atomic E-state index is 5.53. The minimum absolute atomic E-state index is 0.233. The number of rotatable bonds is 7. The summed E-state index contributed by atoms with van der Waals surface area (Å²) < 4.78 is 7.68. The zero-order chi connectivity index (χ0) is 12.0. The quantitative estimate of drug-likeness (QED) is 0.769. The predicted octanol–water partition coefficient (Wildman–Crippen LogP) is 1.81. The Morgan fingerprint density at radius 1 is 1.44 bits per heavy atom. The molecule has 0 aromatic carbocycles. The van der Waals surface area contributed by atoms with Crippen LogP contribution in [-0.2, 0) is 17.8 Å². The fourth-order valence-electron chi connectivity index (χ4n) is 1.58. The van der Waals surface area contributed by atoms with Gasteiger partial charge < -0.3 is 14.6 Å². The van der Waals surface area contributed by atoms with Crippen molar-refractivity contribution in [3.05, 3.63) is 18.2 Å². The van der Waals surface area contributed by atoms with E-state index >= 15 is 0 Å². The predicted molar refractivity (Wildman–Crippen MR) is 65.3 cm³/mol. The van der Waals surface area contributed by atoms with E-state index in [9.17, 15) is 0 Å². The summed E-state index contributed by atoms with van der Waals surface area (Å²) in [5.41, 5.74) is 1.21. The smallest absolute Gasteiger partial charge is 0.0949 e. The molecule has 0 aliphatic rings. The molecule has 0 amide bonds. The highest BCUT2D eigenvalue weighted by atomic mass is 16.5. The molecule has 0 saturated carbocycles. The van der Waals surface area contributed by atoms with Gasteiger partial charge in [0.2, 0.25) is 0 Å². The van der Waals surface area contributed by atoms with Crippen LogP contribution in [0.25, 0.3) is 0 Å². The Morgan fingerprint density at radius 2 is 2.19 bits per heavy atom. The third-order valence-electron chi connectivity index (χ3n) is 2.39. The molecule has 1 heterocycles. The molecular weight excluding hydrogens is 202 g/mol. The van der Waals surface area contributed by atoms with Crippen molar-refractivity contribution in [1.29, 1.82) is 0 Å². The van der Waals surface area contributed by atoms with E-state index < -0.39 is 0 Å². The summed E-state index contributed by atoms with van der Waals surface area (Å²) in [6, 6.07) is 0.493. The molecule has 1 rings (SSSR count). The topological polar surface area (TPSA) is 39.1 Å². The van der Waals surface area contributed by atoms with Gasteiger partial charge in [0, 0.05) is 31.9 Å². The van der Waals surface area contributed by atoms with Crippen molar-refractivity contribution in [2.75, 3.05) is 6.61 Å². The Kier molecular flexibility index (Phi) is 5.49. The highest BCUT2D eigenvalue weighted by molar-refractivity contribution is 4.98. The number of hydrogen-bond donors (Lipinski definition) is 1. The second-order valence-electron chi connectivity index (χ2n) is 4.34. The first-order chi connectivity index (χ1) is 7.63. The van der Waals surface area contributed by atoms with E-state index in [-0.39, 0.29) is 6.10 Å². The Morgan fingerprint density at radius 3 is 2.81 bits per heavy atom. The molecule has 1 aromatic rings. The van der Waals surface area contributed by atoms with Gasteiger partial charge in [-0.05, 0) is 13.8 Å². The third-order valence-corrected chi connectivity index (χ3v) is 2.39. The van der Waals surface area contributed by atoms with Gasteiger partial charge >= 0.3 is 0 Å². The number of imidazole rings is 1. The zero-order valence-corrected chi connectivity index (χ0v) is 10.7. The molecule has 0 fully saturated rings. The molecular formula is C12H23N3O. The van der Waals surface area contributed by atoms with Crippen LogP contribution in [-0.4, -0.2) is 28.3 Å². The maximum Gasteiger partial charge on any atom is 0.0949 e. The average Bonchev–Trinajstić information content (AvgIpc) is 2.62. The molecule has 0 bridgehead atoms. The van der Waals surface area contributed by atoms with Crippen LogP contribution in [0, 0.1) is 0 Å². The van der Waals surface area contributed by atoms with Crippen molar-refractivity contribution < 1.29 is 4.74 Å². The Labute approximate surface area is 98.0 Å². The summed E-state index contributed by atoms with van der Waals surface area (Å²) in [5, 5.41) is 3.39. The van der Waals surface area contributed by atoms with Crippen molar-refractivity contribution >= 4 is 0 Å². The largest absolute Gasteiger partial charge is 0.377 e. The molecule has 4 nitrogen and oxygen atoms in total. The van der Waals surface area contributed by atoms with Crippen molar-refractivity contribution in [3.63, 3.8) is 0 Å². The Balaban J connectivity index is 2.49. The lowest BCUT2D eigenvalue weighted by atomic mass is 10.3. The van der Waals surface area contributed by atoms with Crippen molar-refractivity contribution in [2.45, 2.75) is 52.9 Å². The van der Waals surface area contributed by atoms with Crippen molar-refractivity contribution in [1.82, 2.24) is 14.9 Å². The third kappa shape index (κ3) is 4.33. The van der Waals surface area contributed by atoms with Crippen LogP contribution in [0.15, 0.2) is 12.5 Å². The van der Waals surface area contributed by atoms with Crippen molar-refractivity contribution in [3.8, 4) is 0 Å². The van der Waals surface area contributed by atoms with E-state index in [0.717, 1.165) is 19.7 Å². The summed E-state index contributed by atoms with van der Waals surface area (Å²) in [6.45, 7) is 10.9. The van der Waals surface area contributed by atoms with Gasteiger partial charge in [0.15, 0.2) is 0 Å². The van der Waals surface area contributed by atoms with Gasteiger partial charge in [-0.3, -0.25) is 0 Å². The molecule has 0 aliphatic heterocycles. The molecule has 92 valence electrons. The lowest BCUT2D eigenvalue weighted by molar-refractivity contribution is 0.0634. The highest BCUT2D eigenvalue weighted by Gasteiger charge is 2.07. The van der Waals surface area contributed by atoms with Gasteiger partial charge in [-0.15, -0.1) is 0 Å². The van der Waals surface area contributed by atoms with Gasteiger partial charge in [-0.25, -0.2) is 4.98 Å². The summed E-state index contributed by atoms with van der Waals surface area (Å²) in [5.74, 6) is 0. The van der Waals surface area contributed by atoms with Crippen LogP contribution in [0.3, 0.4) is 0 Å². The molecule has 1 atom stereocenters. The summed E-state index contributed by atoms with van der Waals surface area (Å²) >= 11 is 0. The lowest BCUT2D eigenvalue weighted by Gasteiger charge is -2.15. The van der Waals surface area contributed by atoms with E-state index in [1.165, 1.54) is 5.69 Å². The van der Waals surface area contributed by atoms with Gasteiger partial charge in [-0.1, -0.05) is 13.8 Å². The zero-order valence-electron chi connectivity index (χ0n) is 10.7. The first-order valence-corrected chi connectivity index (χ1v) is 5.97. The van der Waals surface area contributed by atoms with Gasteiger partial charge in [0.25, 0.3) is 0 Å². The van der Waals surface area contributed by atoms with Crippen LogP contribution < -0.4 is 5.32 Å². The highest BCUT2D eigenvalue weighted by Crippen LogP contribution is 2.03. The van der Waals surface area contributed by atoms with Crippen LogP contribution >= 0.6 is 0 Å². The molecule has 4 heteroatoms. The van der Waals surface area contributed by atoms with Crippen molar-refractivity contribution in [2.24, 2.45) is 0 Å². The second-order valence-corrected chi connectivity index (χ2v) is 4.34. The minimum Gasteiger partial charge on any atom is -0.377 e. The van der Waals surface area contributed by atoms with Crippen LogP contribution in [0.1, 0.15) is 33.4 Å². The normalized spacial score (nSPS) is 13.3. The molecule has 16 heavy (non-hydrogen) atoms. The first-order valence-electron chi connectivity index (χ1n) is 5.97. The number of nitrogens with zero attached hydrogens (tertiary/aromatic N) is 2. The van der Waals surface area contributed by atoms with Crippen LogP contribution in [0.2, 0.25) is 0 Å². The fourth-order valence-corrected chi connectivity index (χ4v) is 1.58. The first kappa shape index (κ1) is 13.2. The molecule has 0 spiro atoms. The average molecular weight is 225 g/mol. The van der Waals surface area contributed by atoms with Crippen LogP contribution in [0.5, 0.6) is 0 Å². The van der Waals surface area contributed by atoms with E-state index in [4.69, 9.17) is 4.74 Å². The minimum atomic E-state index is 0.233. The van der Waals surface area contributed by atoms with Gasteiger partial charge in [-0.2, -0.15) is 0 Å². The van der Waals surface area contributed by atoms with Gasteiger partial charge in [0.05, 0.1) is 18.1 Å². The molecule has 0 radical (unpaired) electrons. The standard InChI is InChI=1S/C12H23N3O/c1-5-16-11(4)8-15-9-13-6-12(15)7-14-10(2)3/h6,9-11,14H,5,7-8H2,1-4H3. The number of nitrogens with one attached hydrogen (secondary N) is 1. The lowest BCUT2D eigenvalue weighted by Crippen LogP contribution is -2.25. The van der Waals surface area contributed by atoms with Gasteiger partial charge in [0.1, 0.15) is 0 Å². The monoisotopic (exact) mass is 225 g/mol. The van der Waals surface area contributed by atoms with E-state index in [1.807, 2.05) is 19.4 Å². The van der Waals surface area contributed by atoms with E-state index in [2.05, 4.69) is 35.6 Å². The SMILES string of the molecule is CCOC(C)Cn1cncc1CNC(C)C. The second kappa shape index (κ2) is 6.66. The summed E-state index contributed by atoms with van der Waals surface area (Å²) in [7, 11) is 0. The van der Waals surface area contributed by atoms with E-state index in [0.29, 0.717) is 6.04 Å². The van der Waals surface area contributed by atoms with Crippen LogP contribution in [0.4, 0.5) is 0 Å². The Hall–Kier alpha value is -0.870. The van der Waals surface area contributed by atoms with E-state index in [1.54, 1.807) is 0 Å². The molecule has 1 unspecified atom stereocenters. The number of ether oxygens (including phenoxy) is 1. The molecule has 0 saturated heterocycles. The Bertz CT molecular complexity index is 296. The fraction of sp³-hybridized carbons (Fsp3) is 0.750.